The lowest BCUT2D eigenvalue weighted by Gasteiger charge is -2.19. The van der Waals surface area contributed by atoms with Crippen LogP contribution >= 0.6 is 0 Å². The molecule has 0 bridgehead atoms. The zero-order valence-electron chi connectivity index (χ0n) is 16.7. The molecule has 0 saturated carbocycles. The van der Waals surface area contributed by atoms with E-state index in [0.29, 0.717) is 6.54 Å². The molecule has 148 valence electrons. The van der Waals surface area contributed by atoms with Crippen molar-refractivity contribution in [2.45, 2.75) is 25.2 Å². The third-order valence-corrected chi connectivity index (χ3v) is 5.62. The highest BCUT2D eigenvalue weighted by Gasteiger charge is 2.26. The number of anilines is 1. The smallest absolute Gasteiger partial charge is 0.287 e. The molecule has 0 aliphatic carbocycles. The molecule has 1 fully saturated rings. The predicted octanol–water partition coefficient (Wildman–Crippen LogP) is 4.05. The number of rotatable bonds is 7. The number of aromatic nitrogens is 1. The van der Waals surface area contributed by atoms with Gasteiger partial charge in [0, 0.05) is 12.5 Å². The van der Waals surface area contributed by atoms with E-state index >= 15 is 0 Å². The second kappa shape index (κ2) is 9.37. The van der Waals surface area contributed by atoms with Crippen LogP contribution in [0.2, 0.25) is 0 Å². The molecule has 4 rings (SSSR count). The standard InChI is InChI=1S/C25H27N3O/c29-25(23-14-9-16-26-24(23)28-18-7-8-19-28)27-17-15-22(20-10-3-1-4-11-20)21-12-5-2-6-13-21/h1-6,9-14,16,22H,7-8,15,17-19H2,(H,27,29)/p+1. The van der Waals surface area contributed by atoms with Crippen molar-refractivity contribution in [3.05, 3.63) is 95.7 Å². The van der Waals surface area contributed by atoms with E-state index in [1.165, 1.54) is 24.0 Å². The van der Waals surface area contributed by atoms with Crippen LogP contribution in [0.4, 0.5) is 5.82 Å². The summed E-state index contributed by atoms with van der Waals surface area (Å²) in [5.74, 6) is 1.19. The second-order valence-corrected chi connectivity index (χ2v) is 7.55. The van der Waals surface area contributed by atoms with Gasteiger partial charge in [-0.05, 0) is 42.5 Å². The van der Waals surface area contributed by atoms with Gasteiger partial charge in [0.2, 0.25) is 0 Å². The van der Waals surface area contributed by atoms with E-state index in [0.717, 1.165) is 30.9 Å². The molecule has 2 N–H and O–H groups in total. The Hall–Kier alpha value is -3.14. The number of aromatic amines is 1. The van der Waals surface area contributed by atoms with Crippen LogP contribution in [-0.4, -0.2) is 25.5 Å². The molecule has 4 nitrogen and oxygen atoms in total. The summed E-state index contributed by atoms with van der Waals surface area (Å²) < 4.78 is 0. The van der Waals surface area contributed by atoms with Gasteiger partial charge in [-0.1, -0.05) is 60.7 Å². The lowest BCUT2D eigenvalue weighted by molar-refractivity contribution is -0.364. The van der Waals surface area contributed by atoms with Crippen molar-refractivity contribution in [1.29, 1.82) is 0 Å². The van der Waals surface area contributed by atoms with Crippen LogP contribution in [0.5, 0.6) is 0 Å². The van der Waals surface area contributed by atoms with Crippen LogP contribution in [0.1, 0.15) is 46.7 Å². The zero-order chi connectivity index (χ0) is 19.9. The number of nitrogens with zero attached hydrogens (tertiary/aromatic N) is 1. The highest BCUT2D eigenvalue weighted by molar-refractivity contribution is 5.98. The first kappa shape index (κ1) is 19.2. The number of carbonyl (C=O) groups excluding carboxylic acids is 1. The largest absolute Gasteiger partial charge is 0.352 e. The van der Waals surface area contributed by atoms with Gasteiger partial charge >= 0.3 is 0 Å². The molecule has 2 aromatic carbocycles. The van der Waals surface area contributed by atoms with Crippen LogP contribution in [0.25, 0.3) is 0 Å². The molecule has 1 aromatic heterocycles. The first-order chi connectivity index (χ1) is 14.3. The first-order valence-corrected chi connectivity index (χ1v) is 10.5. The summed E-state index contributed by atoms with van der Waals surface area (Å²) >= 11 is 0. The minimum Gasteiger partial charge on any atom is -0.352 e. The van der Waals surface area contributed by atoms with E-state index in [4.69, 9.17) is 0 Å². The number of hydrogen-bond donors (Lipinski definition) is 1. The molecule has 3 aromatic rings. The Morgan fingerprint density at radius 3 is 2.14 bits per heavy atom. The van der Waals surface area contributed by atoms with Crippen molar-refractivity contribution in [1.82, 2.24) is 5.32 Å². The third-order valence-electron chi connectivity index (χ3n) is 5.62. The maximum atomic E-state index is 12.9. The number of nitrogens with one attached hydrogen (secondary N) is 2. The zero-order valence-corrected chi connectivity index (χ0v) is 16.7. The van der Waals surface area contributed by atoms with Crippen molar-refractivity contribution in [3.8, 4) is 0 Å². The topological polar surface area (TPSA) is 46.5 Å². The van der Waals surface area contributed by atoms with E-state index in [-0.39, 0.29) is 11.8 Å². The lowest BCUT2D eigenvalue weighted by Crippen LogP contribution is -2.32. The molecule has 1 amide bonds. The van der Waals surface area contributed by atoms with E-state index in [1.54, 1.807) is 0 Å². The number of pyridine rings is 1. The van der Waals surface area contributed by atoms with E-state index in [1.807, 2.05) is 30.5 Å². The number of H-pyrrole nitrogens is 1. The molecule has 2 heterocycles. The summed E-state index contributed by atoms with van der Waals surface area (Å²) in [5, 5.41) is 3.15. The second-order valence-electron chi connectivity index (χ2n) is 7.55. The molecule has 0 unspecified atom stereocenters. The normalized spacial score (nSPS) is 13.6. The minimum atomic E-state index is -0.0105. The molecule has 1 aliphatic heterocycles. The predicted molar refractivity (Wildman–Crippen MR) is 116 cm³/mol. The van der Waals surface area contributed by atoms with Gasteiger partial charge < -0.3 is 5.32 Å². The number of carbonyl (C=O) groups is 1. The molecule has 1 saturated heterocycles. The summed E-state index contributed by atoms with van der Waals surface area (Å²) in [5.41, 5.74) is 3.28. The third kappa shape index (κ3) is 4.65. The summed E-state index contributed by atoms with van der Waals surface area (Å²) in [6, 6.07) is 24.8. The minimum absolute atomic E-state index is 0.0105. The average molecular weight is 387 g/mol. The molecular weight excluding hydrogens is 358 g/mol. The molecule has 1 aliphatic rings. The van der Waals surface area contributed by atoms with E-state index in [9.17, 15) is 4.79 Å². The first-order valence-electron chi connectivity index (χ1n) is 10.5. The molecule has 29 heavy (non-hydrogen) atoms. The average Bonchev–Trinajstić information content (AvgIpc) is 3.33. The Morgan fingerprint density at radius 1 is 0.897 bits per heavy atom. The van der Waals surface area contributed by atoms with E-state index < -0.39 is 0 Å². The monoisotopic (exact) mass is 386 g/mol. The summed E-state index contributed by atoms with van der Waals surface area (Å²) in [4.78, 5) is 18.5. The van der Waals surface area contributed by atoms with Crippen LogP contribution in [0.3, 0.4) is 0 Å². The van der Waals surface area contributed by atoms with Gasteiger partial charge in [-0.15, -0.1) is 0 Å². The Labute approximate surface area is 172 Å². The van der Waals surface area contributed by atoms with Gasteiger partial charge in [0.15, 0.2) is 0 Å². The van der Waals surface area contributed by atoms with Gasteiger partial charge in [0.05, 0.1) is 19.3 Å². The van der Waals surface area contributed by atoms with Crippen LogP contribution in [0, 0.1) is 0 Å². The maximum Gasteiger partial charge on any atom is 0.287 e. The molecule has 4 heteroatoms. The Balaban J connectivity index is 1.45. The van der Waals surface area contributed by atoms with Gasteiger partial charge in [-0.3, -0.25) is 9.69 Å². The fraction of sp³-hybridized carbons (Fsp3) is 0.280. The fourth-order valence-corrected chi connectivity index (χ4v) is 4.14. The van der Waals surface area contributed by atoms with Crippen molar-refractivity contribution in [2.24, 2.45) is 0 Å². The Bertz CT molecular complexity index is 882. The number of amides is 1. The maximum absolute atomic E-state index is 12.9. The van der Waals surface area contributed by atoms with Gasteiger partial charge in [0.25, 0.3) is 11.7 Å². The highest BCUT2D eigenvalue weighted by atomic mass is 16.1. The number of benzene rings is 2. The summed E-state index contributed by atoms with van der Waals surface area (Å²) in [6.45, 7) is 2.64. The van der Waals surface area contributed by atoms with Crippen molar-refractivity contribution >= 4 is 11.7 Å². The summed E-state index contributed by atoms with van der Waals surface area (Å²) in [7, 11) is 0. The lowest BCUT2D eigenvalue weighted by atomic mass is 9.88. The SMILES string of the molecule is O=C(NCCC(c1ccccc1)c1ccccc1)c1ccc[nH+]c1N1CCCC1. The van der Waals surface area contributed by atoms with E-state index in [2.05, 4.69) is 63.7 Å². The fourth-order valence-electron chi connectivity index (χ4n) is 4.14. The number of hydrogen-bond acceptors (Lipinski definition) is 2. The van der Waals surface area contributed by atoms with Crippen LogP contribution in [-0.2, 0) is 0 Å². The Kier molecular flexibility index (Phi) is 6.20. The molecular formula is C25H28N3O+. The quantitative estimate of drug-likeness (QED) is 0.666. The highest BCUT2D eigenvalue weighted by Crippen LogP contribution is 2.27. The van der Waals surface area contributed by atoms with Crippen molar-refractivity contribution in [3.63, 3.8) is 0 Å². The van der Waals surface area contributed by atoms with Gasteiger partial charge in [-0.2, -0.15) is 0 Å². The van der Waals surface area contributed by atoms with Crippen molar-refractivity contribution in [2.75, 3.05) is 24.5 Å². The van der Waals surface area contributed by atoms with Crippen LogP contribution < -0.4 is 15.2 Å². The Morgan fingerprint density at radius 2 is 1.52 bits per heavy atom. The van der Waals surface area contributed by atoms with Crippen molar-refractivity contribution < 1.29 is 9.78 Å². The van der Waals surface area contributed by atoms with Gasteiger partial charge in [0.1, 0.15) is 5.56 Å². The molecule has 0 spiro atoms. The van der Waals surface area contributed by atoms with Crippen LogP contribution in [0.15, 0.2) is 79.0 Å². The summed E-state index contributed by atoms with van der Waals surface area (Å²) in [6.07, 6.45) is 5.11. The molecule has 0 radical (unpaired) electrons. The molecule has 0 atom stereocenters. The van der Waals surface area contributed by atoms with Gasteiger partial charge in [-0.25, -0.2) is 4.98 Å².